The number of nitrogens with one attached hydrogen (secondary N) is 3. The Labute approximate surface area is 189 Å². The topological polar surface area (TPSA) is 103 Å². The summed E-state index contributed by atoms with van der Waals surface area (Å²) in [6.07, 6.45) is 6.87. The summed E-state index contributed by atoms with van der Waals surface area (Å²) in [6, 6.07) is 8.40. The fourth-order valence-corrected chi connectivity index (χ4v) is 5.28. The molecule has 2 fully saturated rings. The van der Waals surface area contributed by atoms with Crippen molar-refractivity contribution in [3.05, 3.63) is 47.7 Å². The fourth-order valence-electron chi connectivity index (χ4n) is 4.25. The number of nitrogens with zero attached hydrogens (tertiary/aromatic N) is 2. The molecule has 0 spiro atoms. The predicted molar refractivity (Wildman–Crippen MR) is 126 cm³/mol. The van der Waals surface area contributed by atoms with Crippen LogP contribution in [0.25, 0.3) is 0 Å². The van der Waals surface area contributed by atoms with Gasteiger partial charge in [0, 0.05) is 32.2 Å². The first kappa shape index (κ1) is 22.5. The molecule has 2 aliphatic rings. The molecule has 0 atom stereocenters. The number of piperazine rings is 1. The average Bonchev–Trinajstić information content (AvgIpc) is 2.80. The van der Waals surface area contributed by atoms with Crippen LogP contribution in [0, 0.1) is 6.92 Å². The summed E-state index contributed by atoms with van der Waals surface area (Å²) >= 11 is 0. The Morgan fingerprint density at radius 1 is 1.09 bits per heavy atom. The van der Waals surface area contributed by atoms with E-state index in [0.29, 0.717) is 11.4 Å². The summed E-state index contributed by atoms with van der Waals surface area (Å²) in [5, 5.41) is 6.45. The van der Waals surface area contributed by atoms with Crippen molar-refractivity contribution in [3.63, 3.8) is 0 Å². The van der Waals surface area contributed by atoms with E-state index in [4.69, 9.17) is 0 Å². The zero-order valence-electron chi connectivity index (χ0n) is 18.4. The lowest BCUT2D eigenvalue weighted by Crippen LogP contribution is -2.45. The number of rotatable bonds is 6. The normalized spacial score (nSPS) is 17.7. The molecule has 3 N–H and O–H groups in total. The Balaban J connectivity index is 1.61. The van der Waals surface area contributed by atoms with E-state index in [9.17, 15) is 13.2 Å². The maximum absolute atomic E-state index is 13.2. The molecule has 1 aromatic heterocycles. The minimum atomic E-state index is -3.78. The Bertz CT molecular complexity index is 1040. The summed E-state index contributed by atoms with van der Waals surface area (Å²) in [7, 11) is -3.78. The van der Waals surface area contributed by atoms with Gasteiger partial charge in [0.05, 0.1) is 22.3 Å². The third-order valence-corrected chi connectivity index (χ3v) is 7.45. The minimum Gasteiger partial charge on any atom is -0.353 e. The first-order valence-corrected chi connectivity index (χ1v) is 12.8. The van der Waals surface area contributed by atoms with Gasteiger partial charge in [0.25, 0.3) is 15.9 Å². The van der Waals surface area contributed by atoms with Crippen LogP contribution in [0.4, 0.5) is 11.5 Å². The second-order valence-corrected chi connectivity index (χ2v) is 10.2. The van der Waals surface area contributed by atoms with Gasteiger partial charge in [-0.05, 0) is 38.0 Å². The largest absolute Gasteiger partial charge is 0.353 e. The van der Waals surface area contributed by atoms with E-state index in [1.807, 2.05) is 6.92 Å². The zero-order valence-corrected chi connectivity index (χ0v) is 19.2. The number of amides is 1. The van der Waals surface area contributed by atoms with Crippen LogP contribution < -0.4 is 20.3 Å². The highest BCUT2D eigenvalue weighted by Gasteiger charge is 2.24. The average molecular weight is 458 g/mol. The Hall–Kier alpha value is -2.65. The lowest BCUT2D eigenvalue weighted by atomic mass is 9.95. The molecule has 2 heterocycles. The molecule has 1 aliphatic carbocycles. The van der Waals surface area contributed by atoms with Crippen molar-refractivity contribution in [2.24, 2.45) is 0 Å². The van der Waals surface area contributed by atoms with E-state index in [1.165, 1.54) is 12.6 Å². The zero-order chi connectivity index (χ0) is 22.6. The number of carbonyl (C=O) groups excluding carboxylic acids is 1. The summed E-state index contributed by atoms with van der Waals surface area (Å²) in [6.45, 7) is 5.01. The lowest BCUT2D eigenvalue weighted by Gasteiger charge is -2.30. The Morgan fingerprint density at radius 3 is 2.47 bits per heavy atom. The molecule has 8 nitrogen and oxygen atoms in total. The van der Waals surface area contributed by atoms with Gasteiger partial charge in [-0.25, -0.2) is 13.4 Å². The number of carbonyl (C=O) groups is 1. The number of benzene rings is 1. The van der Waals surface area contributed by atoms with Crippen LogP contribution in [0.5, 0.6) is 0 Å². The second kappa shape index (κ2) is 9.87. The van der Waals surface area contributed by atoms with Crippen LogP contribution in [-0.2, 0) is 10.0 Å². The molecule has 1 aromatic carbocycles. The van der Waals surface area contributed by atoms with E-state index in [0.717, 1.165) is 57.4 Å². The molecule has 0 radical (unpaired) electrons. The van der Waals surface area contributed by atoms with Crippen LogP contribution >= 0.6 is 0 Å². The first-order valence-electron chi connectivity index (χ1n) is 11.3. The third kappa shape index (κ3) is 5.39. The quantitative estimate of drug-likeness (QED) is 0.616. The lowest BCUT2D eigenvalue weighted by molar-refractivity contribution is 0.0928. The van der Waals surface area contributed by atoms with Crippen LogP contribution in [0.3, 0.4) is 0 Å². The minimum absolute atomic E-state index is 0.153. The summed E-state index contributed by atoms with van der Waals surface area (Å²) in [5.74, 6) is 0.396. The number of pyridine rings is 1. The smallest absolute Gasteiger partial charge is 0.261 e. The molecule has 4 rings (SSSR count). The van der Waals surface area contributed by atoms with Gasteiger partial charge in [0.1, 0.15) is 5.82 Å². The van der Waals surface area contributed by atoms with E-state index in [2.05, 4.69) is 25.2 Å². The molecule has 32 heavy (non-hydrogen) atoms. The number of aryl methyl sites for hydroxylation is 1. The van der Waals surface area contributed by atoms with E-state index >= 15 is 0 Å². The third-order valence-electron chi connectivity index (χ3n) is 6.05. The van der Waals surface area contributed by atoms with E-state index in [-0.39, 0.29) is 22.5 Å². The van der Waals surface area contributed by atoms with E-state index < -0.39 is 10.0 Å². The van der Waals surface area contributed by atoms with Gasteiger partial charge >= 0.3 is 0 Å². The molecular weight excluding hydrogens is 426 g/mol. The fraction of sp³-hybridized carbons (Fsp3) is 0.478. The van der Waals surface area contributed by atoms with Gasteiger partial charge in [-0.15, -0.1) is 0 Å². The van der Waals surface area contributed by atoms with Crippen molar-refractivity contribution in [1.82, 2.24) is 15.6 Å². The van der Waals surface area contributed by atoms with Gasteiger partial charge in [-0.1, -0.05) is 37.0 Å². The van der Waals surface area contributed by atoms with Gasteiger partial charge in [0.2, 0.25) is 0 Å². The number of hydrogen-bond donors (Lipinski definition) is 3. The first-order chi connectivity index (χ1) is 15.4. The Kier molecular flexibility index (Phi) is 6.95. The molecule has 2 aromatic rings. The number of hydrogen-bond acceptors (Lipinski definition) is 6. The molecule has 172 valence electrons. The van der Waals surface area contributed by atoms with Crippen molar-refractivity contribution < 1.29 is 13.2 Å². The molecule has 0 bridgehead atoms. The van der Waals surface area contributed by atoms with Gasteiger partial charge in [-0.2, -0.15) is 0 Å². The maximum atomic E-state index is 13.2. The monoisotopic (exact) mass is 457 g/mol. The highest BCUT2D eigenvalue weighted by atomic mass is 32.2. The summed E-state index contributed by atoms with van der Waals surface area (Å²) < 4.78 is 28.3. The predicted octanol–water partition coefficient (Wildman–Crippen LogP) is 2.66. The van der Waals surface area contributed by atoms with Gasteiger partial charge < -0.3 is 15.5 Å². The van der Waals surface area contributed by atoms with Gasteiger partial charge in [-0.3, -0.25) is 9.52 Å². The van der Waals surface area contributed by atoms with Crippen molar-refractivity contribution in [3.8, 4) is 0 Å². The molecule has 1 aliphatic heterocycles. The summed E-state index contributed by atoms with van der Waals surface area (Å²) in [4.78, 5) is 20.0. The second-order valence-electron chi connectivity index (χ2n) is 8.56. The number of sulfonamides is 1. The van der Waals surface area contributed by atoms with Gasteiger partial charge in [0.15, 0.2) is 0 Å². The molecule has 1 saturated carbocycles. The van der Waals surface area contributed by atoms with Crippen LogP contribution in [0.2, 0.25) is 0 Å². The number of anilines is 2. The molecule has 9 heteroatoms. The highest BCUT2D eigenvalue weighted by Crippen LogP contribution is 2.25. The van der Waals surface area contributed by atoms with E-state index in [1.54, 1.807) is 30.3 Å². The highest BCUT2D eigenvalue weighted by molar-refractivity contribution is 7.92. The molecular formula is C23H31N5O3S. The molecule has 1 amide bonds. The van der Waals surface area contributed by atoms with Crippen molar-refractivity contribution >= 4 is 27.4 Å². The maximum Gasteiger partial charge on any atom is 0.261 e. The standard InChI is InChI=1S/C23H31N5O3S/c1-17-7-9-20(10-8-17)32(30,31)27-19-15-21(23(29)26-18-5-3-2-4-6-18)22(25-16-19)28-13-11-24-12-14-28/h7-10,15-16,18,24,27H,2-6,11-14H2,1H3,(H,26,29). The van der Waals surface area contributed by atoms with Crippen LogP contribution in [0.1, 0.15) is 48.0 Å². The van der Waals surface area contributed by atoms with Crippen molar-refractivity contribution in [2.75, 3.05) is 35.8 Å². The SMILES string of the molecule is Cc1ccc(S(=O)(=O)Nc2cnc(N3CCNCC3)c(C(=O)NC3CCCCC3)c2)cc1. The molecule has 1 saturated heterocycles. The number of aromatic nitrogens is 1. The Morgan fingerprint density at radius 2 is 1.78 bits per heavy atom. The van der Waals surface area contributed by atoms with Crippen molar-refractivity contribution in [2.45, 2.75) is 50.0 Å². The van der Waals surface area contributed by atoms with Crippen LogP contribution in [0.15, 0.2) is 41.4 Å². The van der Waals surface area contributed by atoms with Crippen molar-refractivity contribution in [1.29, 1.82) is 0 Å². The molecule has 0 unspecified atom stereocenters. The van der Waals surface area contributed by atoms with Crippen LogP contribution in [-0.4, -0.2) is 51.5 Å². The summed E-state index contributed by atoms with van der Waals surface area (Å²) in [5.41, 5.74) is 1.66.